The average molecular weight is 409 g/mol. The minimum atomic E-state index is -3.62. The van der Waals surface area contributed by atoms with Crippen LogP contribution in [-0.2, 0) is 10.0 Å². The van der Waals surface area contributed by atoms with Crippen molar-refractivity contribution in [2.45, 2.75) is 18.7 Å². The molecule has 0 unspecified atom stereocenters. The van der Waals surface area contributed by atoms with Gasteiger partial charge in [-0.2, -0.15) is 4.31 Å². The van der Waals surface area contributed by atoms with E-state index in [9.17, 15) is 18.3 Å². The van der Waals surface area contributed by atoms with E-state index in [0.29, 0.717) is 15.5 Å². The second-order valence-electron chi connectivity index (χ2n) is 6.63. The van der Waals surface area contributed by atoms with Gasteiger partial charge in [-0.05, 0) is 49.2 Å². The van der Waals surface area contributed by atoms with Gasteiger partial charge < -0.3 is 10.0 Å². The minimum Gasteiger partial charge on any atom is -0.507 e. The Morgan fingerprint density at radius 1 is 1.04 bits per heavy atom. The Labute approximate surface area is 164 Å². The monoisotopic (exact) mass is 408 g/mol. The first kappa shape index (κ1) is 19.7. The van der Waals surface area contributed by atoms with Gasteiger partial charge in [0.15, 0.2) is 0 Å². The molecule has 6 nitrogen and oxygen atoms in total. The molecule has 1 aliphatic heterocycles. The molecule has 2 aromatic carbocycles. The Morgan fingerprint density at radius 3 is 2.37 bits per heavy atom. The highest BCUT2D eigenvalue weighted by molar-refractivity contribution is 7.89. The number of aryl methyl sites for hydroxylation is 2. The Hall–Kier alpha value is -2.09. The van der Waals surface area contributed by atoms with Crippen LogP contribution in [0.4, 0.5) is 0 Å². The molecule has 1 saturated heterocycles. The molecule has 8 heteroatoms. The number of hydrogen-bond donors (Lipinski definition) is 1. The Morgan fingerprint density at radius 2 is 1.70 bits per heavy atom. The number of benzene rings is 2. The van der Waals surface area contributed by atoms with Gasteiger partial charge in [-0.25, -0.2) is 8.42 Å². The molecule has 27 heavy (non-hydrogen) atoms. The molecule has 0 aromatic heterocycles. The van der Waals surface area contributed by atoms with E-state index in [1.54, 1.807) is 19.1 Å². The van der Waals surface area contributed by atoms with Crippen LogP contribution in [0, 0.1) is 13.8 Å². The highest BCUT2D eigenvalue weighted by atomic mass is 35.5. The summed E-state index contributed by atoms with van der Waals surface area (Å²) in [6.45, 7) is 4.51. The lowest BCUT2D eigenvalue weighted by atomic mass is 10.1. The van der Waals surface area contributed by atoms with Crippen molar-refractivity contribution in [1.82, 2.24) is 9.21 Å². The molecule has 0 aliphatic carbocycles. The molecule has 1 amide bonds. The number of phenols is 1. The van der Waals surface area contributed by atoms with Gasteiger partial charge in [-0.3, -0.25) is 4.79 Å². The number of nitrogens with zero attached hydrogens (tertiary/aromatic N) is 2. The maximum absolute atomic E-state index is 13.0. The van der Waals surface area contributed by atoms with Gasteiger partial charge in [0, 0.05) is 31.2 Å². The second-order valence-corrected chi connectivity index (χ2v) is 8.97. The van der Waals surface area contributed by atoms with E-state index in [1.165, 1.54) is 27.4 Å². The van der Waals surface area contributed by atoms with Crippen LogP contribution in [0.2, 0.25) is 5.02 Å². The smallest absolute Gasteiger partial charge is 0.257 e. The normalized spacial score (nSPS) is 15.7. The first-order chi connectivity index (χ1) is 12.7. The van der Waals surface area contributed by atoms with E-state index in [4.69, 9.17) is 11.6 Å². The molecule has 1 fully saturated rings. The summed E-state index contributed by atoms with van der Waals surface area (Å²) in [6, 6.07) is 9.64. The zero-order chi connectivity index (χ0) is 19.8. The molecule has 144 valence electrons. The Balaban J connectivity index is 1.76. The van der Waals surface area contributed by atoms with Gasteiger partial charge >= 0.3 is 0 Å². The summed E-state index contributed by atoms with van der Waals surface area (Å²) in [5.41, 5.74) is 1.70. The first-order valence-electron chi connectivity index (χ1n) is 8.55. The van der Waals surface area contributed by atoms with Gasteiger partial charge in [0.25, 0.3) is 5.91 Å². The molecule has 0 atom stereocenters. The van der Waals surface area contributed by atoms with Crippen molar-refractivity contribution in [3.05, 3.63) is 58.1 Å². The SMILES string of the molecule is Cc1ccc(C)c(S(=O)(=O)N2CCN(C(=O)c3cc(Cl)ccc3O)CC2)c1. The number of sulfonamides is 1. The van der Waals surface area contributed by atoms with Crippen LogP contribution in [0.5, 0.6) is 5.75 Å². The number of amides is 1. The number of hydrogen-bond acceptors (Lipinski definition) is 4. The minimum absolute atomic E-state index is 0.119. The van der Waals surface area contributed by atoms with E-state index in [0.717, 1.165) is 5.56 Å². The van der Waals surface area contributed by atoms with Crippen molar-refractivity contribution in [3.63, 3.8) is 0 Å². The Kier molecular flexibility index (Phi) is 5.46. The van der Waals surface area contributed by atoms with Crippen molar-refractivity contribution >= 4 is 27.5 Å². The van der Waals surface area contributed by atoms with Crippen LogP contribution in [0.1, 0.15) is 21.5 Å². The maximum Gasteiger partial charge on any atom is 0.257 e. The van der Waals surface area contributed by atoms with Crippen molar-refractivity contribution in [3.8, 4) is 5.75 Å². The van der Waals surface area contributed by atoms with Crippen molar-refractivity contribution in [2.24, 2.45) is 0 Å². The summed E-state index contributed by atoms with van der Waals surface area (Å²) in [5.74, 6) is -0.506. The Bertz CT molecular complexity index is 983. The van der Waals surface area contributed by atoms with Gasteiger partial charge in [-0.15, -0.1) is 0 Å². The van der Waals surface area contributed by atoms with Crippen molar-refractivity contribution in [2.75, 3.05) is 26.2 Å². The largest absolute Gasteiger partial charge is 0.507 e. The molecule has 3 rings (SSSR count). The molecule has 1 heterocycles. The predicted molar refractivity (Wildman–Crippen MR) is 104 cm³/mol. The first-order valence-corrected chi connectivity index (χ1v) is 10.4. The number of halogens is 1. The van der Waals surface area contributed by atoms with Gasteiger partial charge in [-0.1, -0.05) is 23.7 Å². The standard InChI is InChI=1S/C19H21ClN2O4S/c1-13-3-4-14(2)18(11-13)27(25,26)22-9-7-21(8-10-22)19(24)16-12-15(20)5-6-17(16)23/h3-6,11-12,23H,7-10H2,1-2H3. The molecule has 1 N–H and O–H groups in total. The number of phenolic OH excluding ortho intramolecular Hbond substituents is 1. The third kappa shape index (κ3) is 3.95. The molecular weight excluding hydrogens is 388 g/mol. The number of aromatic hydroxyl groups is 1. The van der Waals surface area contributed by atoms with E-state index in [2.05, 4.69) is 0 Å². The predicted octanol–water partition coefficient (Wildman–Crippen LogP) is 2.81. The van der Waals surface area contributed by atoms with E-state index < -0.39 is 10.0 Å². The number of rotatable bonds is 3. The zero-order valence-electron chi connectivity index (χ0n) is 15.1. The fraction of sp³-hybridized carbons (Fsp3) is 0.316. The van der Waals surface area contributed by atoms with Crippen LogP contribution in [0.3, 0.4) is 0 Å². The van der Waals surface area contributed by atoms with Gasteiger partial charge in [0.1, 0.15) is 5.75 Å². The van der Waals surface area contributed by atoms with E-state index in [-0.39, 0.29) is 43.4 Å². The van der Waals surface area contributed by atoms with Gasteiger partial charge in [0.2, 0.25) is 10.0 Å². The third-order valence-corrected chi connectivity index (χ3v) is 6.95. The fourth-order valence-electron chi connectivity index (χ4n) is 3.11. The van der Waals surface area contributed by atoms with E-state index in [1.807, 2.05) is 13.0 Å². The topological polar surface area (TPSA) is 77.9 Å². The number of carbonyl (C=O) groups is 1. The lowest BCUT2D eigenvalue weighted by molar-refractivity contribution is 0.0695. The van der Waals surface area contributed by atoms with Crippen LogP contribution in [0.15, 0.2) is 41.3 Å². The molecular formula is C19H21ClN2O4S. The highest BCUT2D eigenvalue weighted by Crippen LogP contribution is 2.25. The number of carbonyl (C=O) groups excluding carboxylic acids is 1. The third-order valence-electron chi connectivity index (χ3n) is 4.68. The number of piperazine rings is 1. The molecule has 0 saturated carbocycles. The summed E-state index contributed by atoms with van der Waals surface area (Å²) >= 11 is 5.91. The van der Waals surface area contributed by atoms with E-state index >= 15 is 0 Å². The second kappa shape index (κ2) is 7.50. The van der Waals surface area contributed by atoms with Crippen LogP contribution >= 0.6 is 11.6 Å². The lowest BCUT2D eigenvalue weighted by Gasteiger charge is -2.34. The van der Waals surface area contributed by atoms with Crippen LogP contribution < -0.4 is 0 Å². The quantitative estimate of drug-likeness (QED) is 0.847. The summed E-state index contributed by atoms with van der Waals surface area (Å²) < 4.78 is 27.3. The molecule has 2 aromatic rings. The van der Waals surface area contributed by atoms with Crippen LogP contribution in [-0.4, -0.2) is 54.8 Å². The zero-order valence-corrected chi connectivity index (χ0v) is 16.7. The fourth-order valence-corrected chi connectivity index (χ4v) is 5.01. The summed E-state index contributed by atoms with van der Waals surface area (Å²) in [7, 11) is -3.62. The molecule has 1 aliphatic rings. The maximum atomic E-state index is 13.0. The average Bonchev–Trinajstić information content (AvgIpc) is 2.65. The lowest BCUT2D eigenvalue weighted by Crippen LogP contribution is -2.50. The van der Waals surface area contributed by atoms with Crippen molar-refractivity contribution < 1.29 is 18.3 Å². The molecule has 0 spiro atoms. The van der Waals surface area contributed by atoms with Crippen LogP contribution in [0.25, 0.3) is 0 Å². The van der Waals surface area contributed by atoms with Crippen molar-refractivity contribution in [1.29, 1.82) is 0 Å². The molecule has 0 bridgehead atoms. The van der Waals surface area contributed by atoms with Gasteiger partial charge in [0.05, 0.1) is 10.5 Å². The summed E-state index contributed by atoms with van der Waals surface area (Å²) in [6.07, 6.45) is 0. The molecule has 0 radical (unpaired) electrons. The highest BCUT2D eigenvalue weighted by Gasteiger charge is 2.32. The summed E-state index contributed by atoms with van der Waals surface area (Å²) in [5, 5.41) is 10.3. The summed E-state index contributed by atoms with van der Waals surface area (Å²) in [4.78, 5) is 14.5.